The van der Waals surface area contributed by atoms with E-state index in [0.29, 0.717) is 37.1 Å². The number of benzene rings is 2. The highest BCUT2D eigenvalue weighted by molar-refractivity contribution is 5.95. The standard InChI is InChI=1S/C41H56N8O8/c1-5-25(4)36(48-37(52)31(46-38(53)35(42)24(2)3)18-27-13-15-30(50)16-14-27)39(54)47-32(20-28-22-43-23-44-28)40(55)49-17-9-12-29(49)21-34(51)45-33(41(56)57)19-26-10-7-6-8-11-26/h6-8,10-11,13-16,22-25,29,31-33,35-36,50H,5,9,12,17-21,42H2,1-4H3,(H,43,44)(H,45,51)(H,46,53)(H,47,54)(H,48,52)(H,56,57)/t25-,29-,31-,32-,33-,35-,36-/m0/s1. The fourth-order valence-electron chi connectivity index (χ4n) is 6.74. The van der Waals surface area contributed by atoms with Crippen LogP contribution in [0, 0.1) is 11.8 Å². The normalized spacial score (nSPS) is 17.1. The summed E-state index contributed by atoms with van der Waals surface area (Å²) in [6.07, 6.45) is 4.61. The molecule has 0 unspecified atom stereocenters. The van der Waals surface area contributed by atoms with Crippen molar-refractivity contribution in [1.29, 1.82) is 0 Å². The van der Waals surface area contributed by atoms with Gasteiger partial charge in [-0.1, -0.05) is 76.6 Å². The number of carbonyl (C=O) groups excluding carboxylic acids is 5. The quantitative estimate of drug-likeness (QED) is 0.0821. The highest BCUT2D eigenvalue weighted by atomic mass is 16.4. The van der Waals surface area contributed by atoms with Crippen LogP contribution in [0.2, 0.25) is 0 Å². The van der Waals surface area contributed by atoms with E-state index in [4.69, 9.17) is 5.73 Å². The van der Waals surface area contributed by atoms with Crippen LogP contribution >= 0.6 is 0 Å². The van der Waals surface area contributed by atoms with Gasteiger partial charge in [0.05, 0.1) is 12.4 Å². The molecule has 16 heteroatoms. The van der Waals surface area contributed by atoms with Crippen LogP contribution in [0.15, 0.2) is 67.1 Å². The zero-order chi connectivity index (χ0) is 41.6. The number of phenolic OH excluding ortho intramolecular Hbond substituents is 1. The van der Waals surface area contributed by atoms with Crippen molar-refractivity contribution in [1.82, 2.24) is 36.1 Å². The van der Waals surface area contributed by atoms with Gasteiger partial charge in [0.2, 0.25) is 29.5 Å². The van der Waals surface area contributed by atoms with Crippen molar-refractivity contribution in [3.63, 3.8) is 0 Å². The Morgan fingerprint density at radius 2 is 1.49 bits per heavy atom. The number of phenols is 1. The third-order valence-electron chi connectivity index (χ3n) is 10.4. The number of imidazole rings is 1. The fourth-order valence-corrected chi connectivity index (χ4v) is 6.74. The molecule has 1 aromatic heterocycles. The van der Waals surface area contributed by atoms with E-state index in [1.54, 1.807) is 62.1 Å². The molecule has 2 heterocycles. The number of hydrogen-bond acceptors (Lipinski definition) is 9. The predicted octanol–water partition coefficient (Wildman–Crippen LogP) is 1.58. The van der Waals surface area contributed by atoms with E-state index in [0.717, 1.165) is 5.56 Å². The Morgan fingerprint density at radius 3 is 2.11 bits per heavy atom. The molecule has 3 aromatic rings. The first-order chi connectivity index (χ1) is 27.2. The molecule has 7 atom stereocenters. The topological polar surface area (TPSA) is 249 Å². The predicted molar refractivity (Wildman–Crippen MR) is 211 cm³/mol. The second-order valence-corrected chi connectivity index (χ2v) is 15.1. The smallest absolute Gasteiger partial charge is 0.326 e. The number of likely N-dealkylation sites (tertiary alicyclic amines) is 1. The van der Waals surface area contributed by atoms with E-state index >= 15 is 0 Å². The monoisotopic (exact) mass is 788 g/mol. The number of amides is 5. The summed E-state index contributed by atoms with van der Waals surface area (Å²) in [7, 11) is 0. The van der Waals surface area contributed by atoms with Crippen LogP contribution in [-0.2, 0) is 48.0 Å². The molecule has 9 N–H and O–H groups in total. The first-order valence-corrected chi connectivity index (χ1v) is 19.4. The van der Waals surface area contributed by atoms with Gasteiger partial charge in [0.25, 0.3) is 0 Å². The summed E-state index contributed by atoms with van der Waals surface area (Å²) in [5.74, 6) is -4.51. The average molecular weight is 789 g/mol. The van der Waals surface area contributed by atoms with Gasteiger partial charge in [0.1, 0.15) is 29.9 Å². The summed E-state index contributed by atoms with van der Waals surface area (Å²) < 4.78 is 0. The lowest BCUT2D eigenvalue weighted by atomic mass is 9.96. The third-order valence-corrected chi connectivity index (χ3v) is 10.4. The van der Waals surface area contributed by atoms with Gasteiger partial charge in [0.15, 0.2) is 0 Å². The van der Waals surface area contributed by atoms with Gasteiger partial charge in [-0.05, 0) is 47.9 Å². The van der Waals surface area contributed by atoms with Gasteiger partial charge in [-0.3, -0.25) is 24.0 Å². The van der Waals surface area contributed by atoms with Crippen molar-refractivity contribution >= 4 is 35.5 Å². The molecule has 2 aromatic carbocycles. The number of carbonyl (C=O) groups is 6. The number of H-pyrrole nitrogens is 1. The van der Waals surface area contributed by atoms with Gasteiger partial charge in [-0.15, -0.1) is 0 Å². The summed E-state index contributed by atoms with van der Waals surface area (Å²) in [6, 6.07) is 9.18. The summed E-state index contributed by atoms with van der Waals surface area (Å²) >= 11 is 0. The maximum Gasteiger partial charge on any atom is 0.326 e. The van der Waals surface area contributed by atoms with Crippen LogP contribution in [0.25, 0.3) is 0 Å². The Hall–Kier alpha value is -5.77. The maximum absolute atomic E-state index is 14.3. The molecule has 5 amide bonds. The highest BCUT2D eigenvalue weighted by Crippen LogP contribution is 2.23. The Labute approximate surface area is 332 Å². The third kappa shape index (κ3) is 12.9. The van der Waals surface area contributed by atoms with Crippen molar-refractivity contribution in [2.24, 2.45) is 17.6 Å². The van der Waals surface area contributed by atoms with Crippen LogP contribution in [0.4, 0.5) is 0 Å². The zero-order valence-electron chi connectivity index (χ0n) is 32.9. The van der Waals surface area contributed by atoms with Crippen LogP contribution in [-0.4, -0.2) is 103 Å². The minimum Gasteiger partial charge on any atom is -0.508 e. The molecule has 0 radical (unpaired) electrons. The number of nitrogens with one attached hydrogen (secondary N) is 5. The molecule has 57 heavy (non-hydrogen) atoms. The minimum absolute atomic E-state index is 0.0337. The van der Waals surface area contributed by atoms with Crippen molar-refractivity contribution in [3.05, 3.63) is 83.9 Å². The van der Waals surface area contributed by atoms with Crippen LogP contribution in [0.1, 0.15) is 70.2 Å². The molecule has 0 saturated carbocycles. The SMILES string of the molecule is CC[C@H](C)[C@H](NC(=O)[C@H](Cc1ccc(O)cc1)NC(=O)[C@@H](N)C(C)C)C(=O)N[C@@H](Cc1cnc[nH]1)C(=O)N1CCC[C@H]1CC(=O)N[C@@H](Cc1ccccc1)C(=O)O. The largest absolute Gasteiger partial charge is 0.508 e. The minimum atomic E-state index is -1.18. The molecule has 308 valence electrons. The van der Waals surface area contributed by atoms with E-state index in [1.807, 2.05) is 13.0 Å². The maximum atomic E-state index is 14.3. The van der Waals surface area contributed by atoms with Crippen molar-refractivity contribution in [3.8, 4) is 5.75 Å². The molecular weight excluding hydrogens is 732 g/mol. The van der Waals surface area contributed by atoms with Gasteiger partial charge in [-0.25, -0.2) is 9.78 Å². The molecule has 1 aliphatic heterocycles. The van der Waals surface area contributed by atoms with Crippen molar-refractivity contribution < 1.29 is 39.0 Å². The van der Waals surface area contributed by atoms with E-state index in [-0.39, 0.29) is 37.4 Å². The van der Waals surface area contributed by atoms with Crippen molar-refractivity contribution in [2.75, 3.05) is 6.54 Å². The molecule has 0 bridgehead atoms. The lowest BCUT2D eigenvalue weighted by Crippen LogP contribution is -2.60. The number of nitrogens with two attached hydrogens (primary N) is 1. The van der Waals surface area contributed by atoms with E-state index < -0.39 is 77.7 Å². The molecule has 4 rings (SSSR count). The number of nitrogens with zero attached hydrogens (tertiary/aromatic N) is 2. The Morgan fingerprint density at radius 1 is 0.842 bits per heavy atom. The van der Waals surface area contributed by atoms with Gasteiger partial charge in [-0.2, -0.15) is 0 Å². The Kier molecular flexibility index (Phi) is 16.2. The first-order valence-electron chi connectivity index (χ1n) is 19.4. The number of hydrogen-bond donors (Lipinski definition) is 8. The fraction of sp³-hybridized carbons (Fsp3) is 0.488. The van der Waals surface area contributed by atoms with Crippen LogP contribution in [0.5, 0.6) is 5.75 Å². The van der Waals surface area contributed by atoms with E-state index in [1.165, 1.54) is 24.7 Å². The second kappa shape index (κ2) is 20.9. The first kappa shape index (κ1) is 44.0. The van der Waals surface area contributed by atoms with Crippen molar-refractivity contribution in [2.45, 2.75) is 109 Å². The molecule has 0 aliphatic carbocycles. The summed E-state index contributed by atoms with van der Waals surface area (Å²) in [4.78, 5) is 89.4. The number of aromatic hydroxyl groups is 1. The lowest BCUT2D eigenvalue weighted by Gasteiger charge is -2.32. The summed E-state index contributed by atoms with van der Waals surface area (Å²) in [5, 5.41) is 30.6. The number of carboxylic acid groups (broad SMARTS) is 1. The molecule has 1 saturated heterocycles. The number of aromatic amines is 1. The summed E-state index contributed by atoms with van der Waals surface area (Å²) in [6.45, 7) is 7.53. The Bertz CT molecular complexity index is 1800. The number of carboxylic acids is 1. The molecule has 1 fully saturated rings. The van der Waals surface area contributed by atoms with Gasteiger partial charge < -0.3 is 47.1 Å². The van der Waals surface area contributed by atoms with E-state index in [9.17, 15) is 39.0 Å². The summed E-state index contributed by atoms with van der Waals surface area (Å²) in [5.41, 5.74) is 8.06. The average Bonchev–Trinajstić information content (AvgIpc) is 3.88. The number of rotatable bonds is 20. The van der Waals surface area contributed by atoms with Gasteiger partial charge in [0, 0.05) is 50.2 Å². The highest BCUT2D eigenvalue weighted by Gasteiger charge is 2.38. The lowest BCUT2D eigenvalue weighted by molar-refractivity contribution is -0.142. The molecular formula is C41H56N8O8. The van der Waals surface area contributed by atoms with Crippen LogP contribution < -0.4 is 27.0 Å². The number of aromatic nitrogens is 2. The second-order valence-electron chi connectivity index (χ2n) is 15.1. The van der Waals surface area contributed by atoms with E-state index in [2.05, 4.69) is 31.2 Å². The molecule has 0 spiro atoms. The molecule has 1 aliphatic rings. The zero-order valence-corrected chi connectivity index (χ0v) is 32.9. The Balaban J connectivity index is 1.51. The van der Waals surface area contributed by atoms with Crippen LogP contribution in [0.3, 0.4) is 0 Å². The van der Waals surface area contributed by atoms with Gasteiger partial charge >= 0.3 is 5.97 Å². The molecule has 16 nitrogen and oxygen atoms in total. The number of aliphatic carboxylic acids is 1.